The molecule has 0 spiro atoms. The molecule has 0 heterocycles. The van der Waals surface area contributed by atoms with E-state index in [2.05, 4.69) is 0 Å². The third kappa shape index (κ3) is 4.76. The van der Waals surface area contributed by atoms with Gasteiger partial charge in [0.15, 0.2) is 0 Å². The fourth-order valence-electron chi connectivity index (χ4n) is 1.38. The summed E-state index contributed by atoms with van der Waals surface area (Å²) in [6.45, 7) is 0.995. The van der Waals surface area contributed by atoms with Crippen molar-refractivity contribution in [3.05, 3.63) is 38.9 Å². The Balaban J connectivity index is 2.56. The Kier molecular flexibility index (Phi) is 6.92. The molecule has 0 N–H and O–H groups in total. The number of nitrogens with zero attached hydrogens (tertiary/aromatic N) is 1. The van der Waals surface area contributed by atoms with Gasteiger partial charge < -0.3 is 14.2 Å². The number of nitro groups is 1. The van der Waals surface area contributed by atoms with Gasteiger partial charge in [0.05, 0.1) is 24.7 Å². The maximum atomic E-state index is 11.7. The summed E-state index contributed by atoms with van der Waals surface area (Å²) in [6.07, 6.45) is 0. The fraction of sp³-hybridized carbons (Fsp3) is 0.417. The summed E-state index contributed by atoms with van der Waals surface area (Å²) in [4.78, 5) is 21.9. The molecule has 0 bridgehead atoms. The second kappa shape index (κ2) is 8.47. The average molecular weight is 304 g/mol. The van der Waals surface area contributed by atoms with Crippen LogP contribution in [0, 0.1) is 10.1 Å². The van der Waals surface area contributed by atoms with Crippen LogP contribution in [-0.4, -0.2) is 44.4 Å². The van der Waals surface area contributed by atoms with Crippen LogP contribution in [0.25, 0.3) is 0 Å². The van der Waals surface area contributed by atoms with Gasteiger partial charge in [-0.05, 0) is 12.1 Å². The predicted molar refractivity (Wildman–Crippen MR) is 71.1 cm³/mol. The van der Waals surface area contributed by atoms with Gasteiger partial charge in [-0.1, -0.05) is 17.7 Å². The van der Waals surface area contributed by atoms with Gasteiger partial charge in [0.25, 0.3) is 0 Å². The number of halogens is 1. The number of methoxy groups -OCH3 is 1. The molecule has 110 valence electrons. The molecule has 0 saturated carbocycles. The van der Waals surface area contributed by atoms with Crippen molar-refractivity contribution in [3.63, 3.8) is 0 Å². The van der Waals surface area contributed by atoms with Crippen LogP contribution >= 0.6 is 11.6 Å². The third-order valence-electron chi connectivity index (χ3n) is 2.28. The lowest BCUT2D eigenvalue weighted by Crippen LogP contribution is -2.14. The lowest BCUT2D eigenvalue weighted by molar-refractivity contribution is -0.385. The van der Waals surface area contributed by atoms with Crippen LogP contribution in [0.15, 0.2) is 18.2 Å². The van der Waals surface area contributed by atoms with Gasteiger partial charge >= 0.3 is 11.7 Å². The zero-order valence-electron chi connectivity index (χ0n) is 10.8. The zero-order chi connectivity index (χ0) is 15.0. The van der Waals surface area contributed by atoms with E-state index < -0.39 is 16.6 Å². The third-order valence-corrected chi connectivity index (χ3v) is 2.59. The molecular weight excluding hydrogens is 290 g/mol. The zero-order valence-corrected chi connectivity index (χ0v) is 11.6. The highest BCUT2D eigenvalue weighted by atomic mass is 35.5. The number of rotatable bonds is 8. The predicted octanol–water partition coefficient (Wildman–Crippen LogP) is 2.07. The summed E-state index contributed by atoms with van der Waals surface area (Å²) in [5.74, 6) is -0.811. The SMILES string of the molecule is COCCOCCOC(=O)c1cccc(Cl)c1[N+](=O)[O-]. The Labute approximate surface area is 120 Å². The van der Waals surface area contributed by atoms with Crippen molar-refractivity contribution in [3.8, 4) is 0 Å². The van der Waals surface area contributed by atoms with Crippen molar-refractivity contribution < 1.29 is 23.9 Å². The molecule has 0 atom stereocenters. The van der Waals surface area contributed by atoms with Crippen molar-refractivity contribution in [2.75, 3.05) is 33.5 Å². The van der Waals surface area contributed by atoms with E-state index in [0.29, 0.717) is 13.2 Å². The number of carbonyl (C=O) groups is 1. The Hall–Kier alpha value is -1.70. The number of ether oxygens (including phenoxy) is 3. The number of hydrogen-bond acceptors (Lipinski definition) is 6. The summed E-state index contributed by atoms with van der Waals surface area (Å²) < 4.78 is 14.8. The number of nitro benzene ring substituents is 1. The average Bonchev–Trinajstić information content (AvgIpc) is 2.41. The Morgan fingerprint density at radius 2 is 2.00 bits per heavy atom. The van der Waals surface area contributed by atoms with Gasteiger partial charge in [-0.3, -0.25) is 10.1 Å². The highest BCUT2D eigenvalue weighted by Gasteiger charge is 2.24. The smallest absolute Gasteiger partial charge is 0.345 e. The van der Waals surface area contributed by atoms with E-state index in [1.165, 1.54) is 18.2 Å². The molecule has 20 heavy (non-hydrogen) atoms. The van der Waals surface area contributed by atoms with E-state index in [1.807, 2.05) is 0 Å². The van der Waals surface area contributed by atoms with Gasteiger partial charge in [-0.15, -0.1) is 0 Å². The first-order valence-corrected chi connectivity index (χ1v) is 6.12. The van der Waals surface area contributed by atoms with Gasteiger partial charge in [0.2, 0.25) is 0 Å². The maximum absolute atomic E-state index is 11.7. The molecule has 0 aliphatic heterocycles. The van der Waals surface area contributed by atoms with E-state index in [4.69, 9.17) is 25.8 Å². The highest BCUT2D eigenvalue weighted by molar-refractivity contribution is 6.33. The first-order valence-electron chi connectivity index (χ1n) is 5.74. The molecule has 1 aromatic carbocycles. The minimum atomic E-state index is -0.811. The van der Waals surface area contributed by atoms with Crippen molar-refractivity contribution in [1.29, 1.82) is 0 Å². The van der Waals surface area contributed by atoms with Gasteiger partial charge in [-0.2, -0.15) is 0 Å². The molecule has 0 amide bonds. The minimum Gasteiger partial charge on any atom is -0.459 e. The van der Waals surface area contributed by atoms with E-state index in [1.54, 1.807) is 7.11 Å². The Morgan fingerprint density at radius 1 is 1.30 bits per heavy atom. The highest BCUT2D eigenvalue weighted by Crippen LogP contribution is 2.28. The molecule has 7 nitrogen and oxygen atoms in total. The molecule has 8 heteroatoms. The van der Waals surface area contributed by atoms with Gasteiger partial charge in [0, 0.05) is 7.11 Å². The van der Waals surface area contributed by atoms with Gasteiger partial charge in [-0.25, -0.2) is 4.79 Å². The number of hydrogen-bond donors (Lipinski definition) is 0. The summed E-state index contributed by atoms with van der Waals surface area (Å²) in [5, 5.41) is 10.8. The van der Waals surface area contributed by atoms with Crippen LogP contribution in [0.3, 0.4) is 0 Å². The minimum absolute atomic E-state index is 0.00772. The topological polar surface area (TPSA) is 87.9 Å². The lowest BCUT2D eigenvalue weighted by atomic mass is 10.2. The number of para-hydroxylation sites is 1. The lowest BCUT2D eigenvalue weighted by Gasteiger charge is -2.06. The molecular formula is C12H14ClNO6. The largest absolute Gasteiger partial charge is 0.459 e. The second-order valence-electron chi connectivity index (χ2n) is 3.63. The summed E-state index contributed by atoms with van der Waals surface area (Å²) in [5.41, 5.74) is -0.640. The summed E-state index contributed by atoms with van der Waals surface area (Å²) in [6, 6.07) is 4.07. The van der Waals surface area contributed by atoms with Crippen LogP contribution in [0.1, 0.15) is 10.4 Å². The van der Waals surface area contributed by atoms with Crippen LogP contribution < -0.4 is 0 Å². The molecule has 0 aromatic heterocycles. The van der Waals surface area contributed by atoms with Crippen LogP contribution in [0.2, 0.25) is 5.02 Å². The quantitative estimate of drug-likeness (QED) is 0.316. The summed E-state index contributed by atoms with van der Waals surface area (Å²) >= 11 is 5.70. The van der Waals surface area contributed by atoms with Crippen molar-refractivity contribution >= 4 is 23.3 Å². The van der Waals surface area contributed by atoms with Crippen LogP contribution in [0.5, 0.6) is 0 Å². The van der Waals surface area contributed by atoms with Crippen LogP contribution in [-0.2, 0) is 14.2 Å². The summed E-state index contributed by atoms with van der Waals surface area (Å²) in [7, 11) is 1.54. The van der Waals surface area contributed by atoms with Crippen molar-refractivity contribution in [2.45, 2.75) is 0 Å². The Morgan fingerprint density at radius 3 is 2.65 bits per heavy atom. The first kappa shape index (κ1) is 16.4. The van der Waals surface area contributed by atoms with Crippen molar-refractivity contribution in [1.82, 2.24) is 0 Å². The number of esters is 1. The second-order valence-corrected chi connectivity index (χ2v) is 4.04. The molecule has 0 fully saturated rings. The molecule has 0 saturated heterocycles. The maximum Gasteiger partial charge on any atom is 0.345 e. The number of carbonyl (C=O) groups excluding carboxylic acids is 1. The first-order chi connectivity index (χ1) is 9.57. The molecule has 0 aliphatic carbocycles. The normalized spacial score (nSPS) is 10.3. The van der Waals surface area contributed by atoms with Crippen LogP contribution in [0.4, 0.5) is 5.69 Å². The van der Waals surface area contributed by atoms with E-state index >= 15 is 0 Å². The molecule has 1 aromatic rings. The van der Waals surface area contributed by atoms with Gasteiger partial charge in [0.1, 0.15) is 17.2 Å². The van der Waals surface area contributed by atoms with E-state index in [9.17, 15) is 14.9 Å². The van der Waals surface area contributed by atoms with E-state index in [-0.39, 0.29) is 23.8 Å². The van der Waals surface area contributed by atoms with E-state index in [0.717, 1.165) is 0 Å². The molecule has 0 aliphatic rings. The molecule has 0 radical (unpaired) electrons. The molecule has 1 rings (SSSR count). The molecule has 0 unspecified atom stereocenters. The monoisotopic (exact) mass is 303 g/mol. The standard InChI is InChI=1S/C12H14ClNO6/c1-18-5-6-19-7-8-20-12(15)9-3-2-4-10(13)11(9)14(16)17/h2-4H,5-8H2,1H3. The Bertz CT molecular complexity index is 479. The fourth-order valence-corrected chi connectivity index (χ4v) is 1.62. The van der Waals surface area contributed by atoms with Crippen molar-refractivity contribution in [2.24, 2.45) is 0 Å². The number of benzene rings is 1.